The molecular weight excluding hydrogens is 182 g/mol. The summed E-state index contributed by atoms with van der Waals surface area (Å²) in [6, 6.07) is 0. The Kier molecular flexibility index (Phi) is 6.19. The Hall–Kier alpha value is -1.50. The lowest BCUT2D eigenvalue weighted by Crippen LogP contribution is -2.15. The van der Waals surface area contributed by atoms with Gasteiger partial charge in [0.25, 0.3) is 0 Å². The second-order valence-electron chi connectivity index (χ2n) is 3.63. The zero-order valence-corrected chi connectivity index (χ0v) is 9.87. The maximum atomic E-state index is 4.03. The van der Waals surface area contributed by atoms with E-state index in [-0.39, 0.29) is 0 Å². The molecule has 0 radical (unpaired) electrons. The topological polar surface area (TPSA) is 3.24 Å². The van der Waals surface area contributed by atoms with E-state index in [0.717, 1.165) is 17.8 Å². The third-order valence-corrected chi connectivity index (χ3v) is 2.29. The van der Waals surface area contributed by atoms with Gasteiger partial charge in [-0.25, -0.2) is 0 Å². The van der Waals surface area contributed by atoms with E-state index < -0.39 is 0 Å². The molecule has 1 atom stereocenters. The number of hydrogen-bond acceptors (Lipinski definition) is 1. The summed E-state index contributed by atoms with van der Waals surface area (Å²) >= 11 is 0. The van der Waals surface area contributed by atoms with Gasteiger partial charge >= 0.3 is 0 Å². The van der Waals surface area contributed by atoms with Crippen LogP contribution in [0.2, 0.25) is 0 Å². The Morgan fingerprint density at radius 3 is 2.40 bits per heavy atom. The van der Waals surface area contributed by atoms with Crippen LogP contribution in [0.3, 0.4) is 0 Å². The quantitative estimate of drug-likeness (QED) is 0.448. The molecular formula is C14H21N. The van der Waals surface area contributed by atoms with Gasteiger partial charge in [-0.1, -0.05) is 44.9 Å². The van der Waals surface area contributed by atoms with Crippen LogP contribution in [0.25, 0.3) is 0 Å². The summed E-state index contributed by atoms with van der Waals surface area (Å²) in [5, 5.41) is 0. The molecule has 0 aliphatic rings. The van der Waals surface area contributed by atoms with Crippen molar-refractivity contribution >= 4 is 0 Å². The van der Waals surface area contributed by atoms with Gasteiger partial charge < -0.3 is 4.90 Å². The molecule has 0 bridgehead atoms. The molecule has 0 aromatic rings. The van der Waals surface area contributed by atoms with Gasteiger partial charge in [0, 0.05) is 18.4 Å². The van der Waals surface area contributed by atoms with Gasteiger partial charge in [0.15, 0.2) is 0 Å². The van der Waals surface area contributed by atoms with Gasteiger partial charge in [-0.15, -0.1) is 6.58 Å². The molecule has 0 rings (SSSR count). The first-order valence-electron chi connectivity index (χ1n) is 5.05. The zero-order valence-electron chi connectivity index (χ0n) is 9.87. The van der Waals surface area contributed by atoms with Crippen molar-refractivity contribution in [3.05, 3.63) is 62.0 Å². The average Bonchev–Trinajstić information content (AvgIpc) is 2.24. The van der Waals surface area contributed by atoms with E-state index in [1.54, 1.807) is 6.08 Å². The van der Waals surface area contributed by atoms with E-state index in [1.807, 2.05) is 30.2 Å². The second kappa shape index (κ2) is 6.88. The first-order valence-corrected chi connectivity index (χ1v) is 5.05. The van der Waals surface area contributed by atoms with Crippen LogP contribution in [-0.2, 0) is 0 Å². The molecule has 0 fully saturated rings. The summed E-state index contributed by atoms with van der Waals surface area (Å²) in [4.78, 5) is 1.99. The molecule has 0 amide bonds. The van der Waals surface area contributed by atoms with Crippen LogP contribution in [0.1, 0.15) is 13.3 Å². The Balaban J connectivity index is 4.31. The lowest BCUT2D eigenvalue weighted by Gasteiger charge is -2.23. The summed E-state index contributed by atoms with van der Waals surface area (Å²) in [6.45, 7) is 17.5. The largest absolute Gasteiger partial charge is 0.349 e. The van der Waals surface area contributed by atoms with Crippen molar-refractivity contribution in [3.63, 3.8) is 0 Å². The molecule has 0 N–H and O–H groups in total. The number of nitrogens with zero attached hydrogens (tertiary/aromatic N) is 1. The highest BCUT2D eigenvalue weighted by Gasteiger charge is 2.06. The van der Waals surface area contributed by atoms with Crippen LogP contribution in [0.5, 0.6) is 0 Å². The maximum absolute atomic E-state index is 4.03. The minimum atomic E-state index is 0.441. The fourth-order valence-corrected chi connectivity index (χ4v) is 1.09. The van der Waals surface area contributed by atoms with Crippen molar-refractivity contribution in [1.82, 2.24) is 4.90 Å². The minimum absolute atomic E-state index is 0.441. The van der Waals surface area contributed by atoms with Crippen LogP contribution >= 0.6 is 0 Å². The van der Waals surface area contributed by atoms with Gasteiger partial charge in [-0.2, -0.15) is 0 Å². The van der Waals surface area contributed by atoms with E-state index in [2.05, 4.69) is 33.2 Å². The lowest BCUT2D eigenvalue weighted by atomic mass is 10.1. The molecule has 1 heteroatoms. The first-order chi connectivity index (χ1) is 7.02. The van der Waals surface area contributed by atoms with Crippen molar-refractivity contribution in [3.8, 4) is 0 Å². The SMILES string of the molecule is C=C/C=C\C(=C)N(C)C(=C)CC(C)C=C. The number of likely N-dealkylation sites (N-methyl/N-ethyl adjacent to an activating group) is 1. The Morgan fingerprint density at radius 1 is 1.33 bits per heavy atom. The zero-order chi connectivity index (χ0) is 11.8. The molecule has 0 spiro atoms. The Morgan fingerprint density at radius 2 is 1.93 bits per heavy atom. The summed E-state index contributed by atoms with van der Waals surface area (Å²) in [5.41, 5.74) is 1.96. The van der Waals surface area contributed by atoms with Crippen molar-refractivity contribution in [2.75, 3.05) is 7.05 Å². The first kappa shape index (κ1) is 13.5. The van der Waals surface area contributed by atoms with Gasteiger partial charge in [0.2, 0.25) is 0 Å². The molecule has 82 valence electrons. The van der Waals surface area contributed by atoms with Crippen molar-refractivity contribution in [2.45, 2.75) is 13.3 Å². The predicted octanol–water partition coefficient (Wildman–Crippen LogP) is 3.90. The molecule has 0 aliphatic heterocycles. The summed E-state index contributed by atoms with van der Waals surface area (Å²) in [7, 11) is 1.97. The molecule has 0 saturated carbocycles. The minimum Gasteiger partial charge on any atom is -0.349 e. The van der Waals surface area contributed by atoms with E-state index in [1.165, 1.54) is 0 Å². The molecule has 0 aromatic heterocycles. The normalized spacial score (nSPS) is 12.1. The maximum Gasteiger partial charge on any atom is 0.0332 e. The molecule has 0 aliphatic carbocycles. The fraction of sp³-hybridized carbons (Fsp3) is 0.286. The van der Waals surface area contributed by atoms with Crippen LogP contribution in [0, 0.1) is 5.92 Å². The standard InChI is InChI=1S/C14H21N/c1-7-9-10-13(4)15(6)14(5)11-12(3)8-2/h7-10,12H,1-2,4-5,11H2,3,6H3/b10-9-. The molecule has 0 saturated heterocycles. The number of hydrogen-bond donors (Lipinski definition) is 0. The van der Waals surface area contributed by atoms with Crippen molar-refractivity contribution in [1.29, 1.82) is 0 Å². The van der Waals surface area contributed by atoms with E-state index in [4.69, 9.17) is 0 Å². The lowest BCUT2D eigenvalue weighted by molar-refractivity contribution is 0.489. The molecule has 1 unspecified atom stereocenters. The van der Waals surface area contributed by atoms with Gasteiger partial charge in [0.1, 0.15) is 0 Å². The third-order valence-electron chi connectivity index (χ3n) is 2.29. The molecule has 1 nitrogen and oxygen atoms in total. The van der Waals surface area contributed by atoms with Gasteiger partial charge in [-0.3, -0.25) is 0 Å². The summed E-state index contributed by atoms with van der Waals surface area (Å²) in [5.74, 6) is 0.441. The monoisotopic (exact) mass is 203 g/mol. The van der Waals surface area contributed by atoms with Crippen molar-refractivity contribution in [2.24, 2.45) is 5.92 Å². The van der Waals surface area contributed by atoms with Crippen LogP contribution < -0.4 is 0 Å². The number of rotatable bonds is 7. The molecule has 0 heterocycles. The van der Waals surface area contributed by atoms with Gasteiger partial charge in [0.05, 0.1) is 0 Å². The highest BCUT2D eigenvalue weighted by molar-refractivity contribution is 5.21. The summed E-state index contributed by atoms with van der Waals surface area (Å²) < 4.78 is 0. The van der Waals surface area contributed by atoms with Crippen LogP contribution in [0.4, 0.5) is 0 Å². The van der Waals surface area contributed by atoms with Crippen LogP contribution in [-0.4, -0.2) is 11.9 Å². The second-order valence-corrected chi connectivity index (χ2v) is 3.63. The predicted molar refractivity (Wildman–Crippen MR) is 69.4 cm³/mol. The fourth-order valence-electron chi connectivity index (χ4n) is 1.09. The molecule has 0 aromatic carbocycles. The Bertz CT molecular complexity index is 284. The molecule has 15 heavy (non-hydrogen) atoms. The summed E-state index contributed by atoms with van der Waals surface area (Å²) in [6.07, 6.45) is 8.34. The smallest absolute Gasteiger partial charge is 0.0332 e. The van der Waals surface area contributed by atoms with E-state index in [9.17, 15) is 0 Å². The Labute approximate surface area is 93.8 Å². The third kappa shape index (κ3) is 5.06. The van der Waals surface area contributed by atoms with Crippen LogP contribution in [0.15, 0.2) is 62.0 Å². The van der Waals surface area contributed by atoms with Gasteiger partial charge in [-0.05, 0) is 18.4 Å². The van der Waals surface area contributed by atoms with Crippen molar-refractivity contribution < 1.29 is 0 Å². The highest BCUT2D eigenvalue weighted by atomic mass is 15.1. The van der Waals surface area contributed by atoms with E-state index >= 15 is 0 Å². The highest BCUT2D eigenvalue weighted by Crippen LogP contribution is 2.17. The van der Waals surface area contributed by atoms with E-state index in [0.29, 0.717) is 5.92 Å². The number of allylic oxidation sites excluding steroid dienone is 5. The average molecular weight is 203 g/mol.